The zero-order valence-electron chi connectivity index (χ0n) is 9.16. The number of hydrogen-bond acceptors (Lipinski definition) is 3. The topological polar surface area (TPSA) is 52.0 Å². The van der Waals surface area contributed by atoms with Crippen LogP contribution < -0.4 is 11.5 Å². The van der Waals surface area contributed by atoms with Crippen molar-refractivity contribution in [2.45, 2.75) is 41.9 Å². The van der Waals surface area contributed by atoms with E-state index in [0.717, 1.165) is 12.8 Å². The van der Waals surface area contributed by atoms with Gasteiger partial charge in [-0.3, -0.25) is 0 Å². The van der Waals surface area contributed by atoms with Crippen LogP contribution in [-0.4, -0.2) is 11.3 Å². The number of halogens is 1. The molecule has 0 aliphatic heterocycles. The molecule has 1 aromatic rings. The van der Waals surface area contributed by atoms with E-state index in [9.17, 15) is 0 Å². The van der Waals surface area contributed by atoms with E-state index < -0.39 is 0 Å². The zero-order valence-corrected chi connectivity index (χ0v) is 10.7. The predicted octanol–water partition coefficient (Wildman–Crippen LogP) is 3.28. The first-order valence-electron chi connectivity index (χ1n) is 5.62. The van der Waals surface area contributed by atoms with E-state index in [2.05, 4.69) is 0 Å². The van der Waals surface area contributed by atoms with Crippen LogP contribution in [0.3, 0.4) is 0 Å². The van der Waals surface area contributed by atoms with Crippen LogP contribution in [0.4, 0.5) is 5.69 Å². The Bertz CT molecular complexity index is 362. The second-order valence-corrected chi connectivity index (χ2v) is 6.12. The Morgan fingerprint density at radius 2 is 1.88 bits per heavy atom. The van der Waals surface area contributed by atoms with Gasteiger partial charge in [0.1, 0.15) is 0 Å². The SMILES string of the molecule is Nc1ccc(SC2CCC(N)CC2)cc1Cl. The predicted molar refractivity (Wildman–Crippen MR) is 72.0 cm³/mol. The minimum Gasteiger partial charge on any atom is -0.398 e. The first-order chi connectivity index (χ1) is 7.65. The maximum Gasteiger partial charge on any atom is 0.0646 e. The summed E-state index contributed by atoms with van der Waals surface area (Å²) in [5.41, 5.74) is 12.2. The Labute approximate surface area is 106 Å². The highest BCUT2D eigenvalue weighted by Gasteiger charge is 2.19. The van der Waals surface area contributed by atoms with Crippen LogP contribution in [0.25, 0.3) is 0 Å². The van der Waals surface area contributed by atoms with Crippen LogP contribution in [0, 0.1) is 0 Å². The molecule has 16 heavy (non-hydrogen) atoms. The van der Waals surface area contributed by atoms with Gasteiger partial charge in [0.05, 0.1) is 10.7 Å². The Morgan fingerprint density at radius 1 is 1.19 bits per heavy atom. The van der Waals surface area contributed by atoms with Gasteiger partial charge in [0.15, 0.2) is 0 Å². The molecule has 0 spiro atoms. The third kappa shape index (κ3) is 3.06. The summed E-state index contributed by atoms with van der Waals surface area (Å²) < 4.78 is 0. The summed E-state index contributed by atoms with van der Waals surface area (Å²) in [7, 11) is 0. The molecule has 2 nitrogen and oxygen atoms in total. The summed E-state index contributed by atoms with van der Waals surface area (Å²) >= 11 is 7.89. The molecule has 2 rings (SSSR count). The van der Waals surface area contributed by atoms with Crippen LogP contribution in [-0.2, 0) is 0 Å². The quantitative estimate of drug-likeness (QED) is 0.799. The lowest BCUT2D eigenvalue weighted by Gasteiger charge is -2.25. The molecule has 1 aromatic carbocycles. The number of thioether (sulfide) groups is 1. The van der Waals surface area contributed by atoms with Gasteiger partial charge in [0, 0.05) is 16.2 Å². The molecule has 1 saturated carbocycles. The van der Waals surface area contributed by atoms with Crippen molar-refractivity contribution in [3.63, 3.8) is 0 Å². The fraction of sp³-hybridized carbons (Fsp3) is 0.500. The number of nitrogens with two attached hydrogens (primary N) is 2. The van der Waals surface area contributed by atoms with Gasteiger partial charge in [-0.2, -0.15) is 0 Å². The Hall–Kier alpha value is -0.380. The van der Waals surface area contributed by atoms with Crippen molar-refractivity contribution in [1.29, 1.82) is 0 Å². The van der Waals surface area contributed by atoms with Crippen LogP contribution in [0.15, 0.2) is 23.1 Å². The molecule has 4 N–H and O–H groups in total. The van der Waals surface area contributed by atoms with Crippen LogP contribution in [0.1, 0.15) is 25.7 Å². The summed E-state index contributed by atoms with van der Waals surface area (Å²) in [6, 6.07) is 6.28. The van der Waals surface area contributed by atoms with E-state index in [1.54, 1.807) is 0 Å². The molecule has 0 heterocycles. The van der Waals surface area contributed by atoms with E-state index >= 15 is 0 Å². The third-order valence-corrected chi connectivity index (χ3v) is 4.65. The largest absolute Gasteiger partial charge is 0.398 e. The second-order valence-electron chi connectivity index (χ2n) is 4.34. The molecule has 0 amide bonds. The van der Waals surface area contributed by atoms with Crippen molar-refractivity contribution in [1.82, 2.24) is 0 Å². The minimum atomic E-state index is 0.409. The summed E-state index contributed by atoms with van der Waals surface area (Å²) in [4.78, 5) is 1.21. The van der Waals surface area contributed by atoms with Gasteiger partial charge in [-0.05, 0) is 43.9 Å². The van der Waals surface area contributed by atoms with Crippen molar-refractivity contribution in [3.05, 3.63) is 23.2 Å². The van der Waals surface area contributed by atoms with Crippen LogP contribution >= 0.6 is 23.4 Å². The fourth-order valence-electron chi connectivity index (χ4n) is 1.98. The van der Waals surface area contributed by atoms with Gasteiger partial charge in [0.2, 0.25) is 0 Å². The van der Waals surface area contributed by atoms with E-state index in [1.165, 1.54) is 17.7 Å². The summed E-state index contributed by atoms with van der Waals surface area (Å²) in [5.74, 6) is 0. The molecular formula is C12H17ClN2S. The lowest BCUT2D eigenvalue weighted by atomic mass is 9.96. The van der Waals surface area contributed by atoms with E-state index in [1.807, 2.05) is 30.0 Å². The van der Waals surface area contributed by atoms with Crippen molar-refractivity contribution in [2.24, 2.45) is 5.73 Å². The highest BCUT2D eigenvalue weighted by atomic mass is 35.5. The average Bonchev–Trinajstić information content (AvgIpc) is 2.27. The van der Waals surface area contributed by atoms with Crippen molar-refractivity contribution in [2.75, 3.05) is 5.73 Å². The number of hydrogen-bond donors (Lipinski definition) is 2. The van der Waals surface area contributed by atoms with Crippen LogP contribution in [0.5, 0.6) is 0 Å². The zero-order chi connectivity index (χ0) is 11.5. The van der Waals surface area contributed by atoms with E-state index in [0.29, 0.717) is 22.0 Å². The lowest BCUT2D eigenvalue weighted by Crippen LogP contribution is -2.27. The molecule has 0 unspecified atom stereocenters. The summed E-state index contributed by atoms with van der Waals surface area (Å²) in [5, 5.41) is 1.33. The van der Waals surface area contributed by atoms with Crippen molar-refractivity contribution in [3.8, 4) is 0 Å². The normalized spacial score (nSPS) is 25.6. The maximum absolute atomic E-state index is 6.00. The number of nitrogen functional groups attached to an aromatic ring is 1. The maximum atomic E-state index is 6.00. The molecule has 4 heteroatoms. The minimum absolute atomic E-state index is 0.409. The smallest absolute Gasteiger partial charge is 0.0646 e. The Kier molecular flexibility index (Phi) is 4.00. The van der Waals surface area contributed by atoms with E-state index in [4.69, 9.17) is 23.1 Å². The molecule has 88 valence electrons. The highest BCUT2D eigenvalue weighted by Crippen LogP contribution is 2.35. The van der Waals surface area contributed by atoms with Gasteiger partial charge in [-0.25, -0.2) is 0 Å². The van der Waals surface area contributed by atoms with Gasteiger partial charge >= 0.3 is 0 Å². The number of rotatable bonds is 2. The fourth-order valence-corrected chi connectivity index (χ4v) is 3.45. The van der Waals surface area contributed by atoms with Gasteiger partial charge < -0.3 is 11.5 Å². The molecular weight excluding hydrogens is 240 g/mol. The Morgan fingerprint density at radius 3 is 2.50 bits per heavy atom. The number of anilines is 1. The van der Waals surface area contributed by atoms with E-state index in [-0.39, 0.29) is 0 Å². The molecule has 0 atom stereocenters. The van der Waals surface area contributed by atoms with Crippen molar-refractivity contribution >= 4 is 29.1 Å². The molecule has 0 saturated heterocycles. The molecule has 0 aromatic heterocycles. The standard InChI is InChI=1S/C12H17ClN2S/c13-11-7-10(5-6-12(11)15)16-9-3-1-8(14)2-4-9/h5-9H,1-4,14-15H2. The molecule has 0 radical (unpaired) electrons. The summed E-state index contributed by atoms with van der Waals surface area (Å²) in [6.45, 7) is 0. The highest BCUT2D eigenvalue weighted by molar-refractivity contribution is 8.00. The third-order valence-electron chi connectivity index (χ3n) is 2.99. The first kappa shape index (κ1) is 12.1. The first-order valence-corrected chi connectivity index (χ1v) is 6.88. The summed E-state index contributed by atoms with van der Waals surface area (Å²) in [6.07, 6.45) is 4.68. The monoisotopic (exact) mass is 256 g/mol. The average molecular weight is 257 g/mol. The second kappa shape index (κ2) is 5.30. The van der Waals surface area contributed by atoms with Crippen LogP contribution in [0.2, 0.25) is 5.02 Å². The van der Waals surface area contributed by atoms with Crippen molar-refractivity contribution < 1.29 is 0 Å². The van der Waals surface area contributed by atoms with Gasteiger partial charge in [-0.1, -0.05) is 11.6 Å². The Balaban J connectivity index is 1.96. The molecule has 0 bridgehead atoms. The molecule has 1 aliphatic rings. The van der Waals surface area contributed by atoms with Gasteiger partial charge in [0.25, 0.3) is 0 Å². The lowest BCUT2D eigenvalue weighted by molar-refractivity contribution is 0.451. The molecule has 1 fully saturated rings. The number of benzene rings is 1. The molecule has 1 aliphatic carbocycles. The van der Waals surface area contributed by atoms with Gasteiger partial charge in [-0.15, -0.1) is 11.8 Å².